The first-order chi connectivity index (χ1) is 18.4. The lowest BCUT2D eigenvalue weighted by atomic mass is 10.0. The van der Waals surface area contributed by atoms with Gasteiger partial charge in [-0.25, -0.2) is 9.59 Å². The summed E-state index contributed by atoms with van der Waals surface area (Å²) in [5.74, 6) is 0.0907. The smallest absolute Gasteiger partial charge is 0.349 e. The normalized spacial score (nSPS) is 12.2. The van der Waals surface area contributed by atoms with Crippen molar-refractivity contribution >= 4 is 50.0 Å². The number of carbonyl (C=O) groups excluding carboxylic acids is 2. The number of anilines is 1. The maximum atomic E-state index is 13.3. The van der Waals surface area contributed by atoms with Crippen LogP contribution in [0.1, 0.15) is 36.7 Å². The van der Waals surface area contributed by atoms with Gasteiger partial charge in [0.1, 0.15) is 16.1 Å². The van der Waals surface area contributed by atoms with Crippen LogP contribution in [0.3, 0.4) is 0 Å². The number of thiophene rings is 1. The largest absolute Gasteiger partial charge is 0.465 e. The molecular formula is C29H21NO7S. The molecule has 0 saturated heterocycles. The molecule has 0 radical (unpaired) electrons. The fourth-order valence-electron chi connectivity index (χ4n) is 4.60. The number of hydrogen-bond donors (Lipinski definition) is 1. The molecule has 3 heterocycles. The summed E-state index contributed by atoms with van der Waals surface area (Å²) in [7, 11) is 1.28. The van der Waals surface area contributed by atoms with Crippen molar-refractivity contribution in [1.29, 1.82) is 0 Å². The predicted molar refractivity (Wildman–Crippen MR) is 144 cm³/mol. The van der Waals surface area contributed by atoms with E-state index in [1.54, 1.807) is 13.0 Å². The number of methoxy groups -OCH3 is 1. The number of benzene rings is 3. The number of esters is 1. The highest BCUT2D eigenvalue weighted by molar-refractivity contribution is 7.17. The van der Waals surface area contributed by atoms with E-state index in [1.165, 1.54) is 24.5 Å². The second-order valence-electron chi connectivity index (χ2n) is 8.81. The molecule has 38 heavy (non-hydrogen) atoms. The van der Waals surface area contributed by atoms with Crippen LogP contribution in [-0.4, -0.2) is 25.8 Å². The Bertz CT molecular complexity index is 1820. The van der Waals surface area contributed by atoms with Gasteiger partial charge in [-0.1, -0.05) is 36.4 Å². The van der Waals surface area contributed by atoms with E-state index in [0.29, 0.717) is 39.5 Å². The Labute approximate surface area is 220 Å². The van der Waals surface area contributed by atoms with Gasteiger partial charge in [-0.2, -0.15) is 0 Å². The lowest BCUT2D eigenvalue weighted by molar-refractivity contribution is 0.0601. The summed E-state index contributed by atoms with van der Waals surface area (Å²) in [4.78, 5) is 39.6. The van der Waals surface area contributed by atoms with Crippen LogP contribution in [0.2, 0.25) is 0 Å². The van der Waals surface area contributed by atoms with E-state index in [2.05, 4.69) is 5.32 Å². The summed E-state index contributed by atoms with van der Waals surface area (Å²) in [6, 6.07) is 18.4. The summed E-state index contributed by atoms with van der Waals surface area (Å²) in [5, 5.41) is 5.51. The van der Waals surface area contributed by atoms with Gasteiger partial charge in [0.15, 0.2) is 11.5 Å². The van der Waals surface area contributed by atoms with Gasteiger partial charge in [-0.05, 0) is 53.1 Å². The molecular weight excluding hydrogens is 506 g/mol. The van der Waals surface area contributed by atoms with Crippen LogP contribution < -0.4 is 20.4 Å². The number of amides is 1. The van der Waals surface area contributed by atoms with Gasteiger partial charge in [0.25, 0.3) is 5.91 Å². The maximum absolute atomic E-state index is 13.3. The standard InChI is InChI=1S/C29H21NO7S/c1-15-24(12-16-7-9-22-23(11-16)36-14-35-22)38-27(25(15)29(33)34-2)30-26(31)20-13-19-18-6-4-3-5-17(18)8-10-21(19)37-28(20)32/h3-11,13H,12,14H2,1-2H3,(H,30,31). The molecule has 0 bridgehead atoms. The summed E-state index contributed by atoms with van der Waals surface area (Å²) >= 11 is 1.26. The first-order valence-electron chi connectivity index (χ1n) is 11.8. The van der Waals surface area contributed by atoms with E-state index in [9.17, 15) is 14.4 Å². The minimum absolute atomic E-state index is 0.159. The maximum Gasteiger partial charge on any atom is 0.349 e. The first kappa shape index (κ1) is 23.7. The molecule has 190 valence electrons. The van der Waals surface area contributed by atoms with Gasteiger partial charge in [0.05, 0.1) is 12.7 Å². The Balaban J connectivity index is 1.37. The van der Waals surface area contributed by atoms with Gasteiger partial charge in [-0.15, -0.1) is 11.3 Å². The van der Waals surface area contributed by atoms with Crippen molar-refractivity contribution in [3.8, 4) is 11.5 Å². The highest BCUT2D eigenvalue weighted by atomic mass is 32.1. The molecule has 1 aliphatic heterocycles. The zero-order chi connectivity index (χ0) is 26.4. The van der Waals surface area contributed by atoms with Crippen molar-refractivity contribution < 1.29 is 28.2 Å². The Kier molecular flexibility index (Phi) is 5.84. The number of carbonyl (C=O) groups is 2. The molecule has 1 amide bonds. The molecule has 0 unspecified atom stereocenters. The third-order valence-electron chi connectivity index (χ3n) is 6.55. The van der Waals surface area contributed by atoms with Gasteiger partial charge < -0.3 is 23.9 Å². The van der Waals surface area contributed by atoms with E-state index in [4.69, 9.17) is 18.6 Å². The fraction of sp³-hybridized carbons (Fsp3) is 0.138. The molecule has 1 N–H and O–H groups in total. The summed E-state index contributed by atoms with van der Waals surface area (Å²) < 4.78 is 21.3. The molecule has 6 rings (SSSR count). The van der Waals surface area contributed by atoms with Crippen molar-refractivity contribution in [1.82, 2.24) is 0 Å². The molecule has 2 aromatic heterocycles. The van der Waals surface area contributed by atoms with E-state index in [1.807, 2.05) is 48.5 Å². The monoisotopic (exact) mass is 527 g/mol. The molecule has 8 nitrogen and oxygen atoms in total. The van der Waals surface area contributed by atoms with Crippen LogP contribution in [0.15, 0.2) is 69.9 Å². The lowest BCUT2D eigenvalue weighted by Gasteiger charge is -2.07. The van der Waals surface area contributed by atoms with Gasteiger partial charge in [-0.3, -0.25) is 4.79 Å². The summed E-state index contributed by atoms with van der Waals surface area (Å²) in [6.07, 6.45) is 0.497. The van der Waals surface area contributed by atoms with E-state index < -0.39 is 17.5 Å². The minimum Gasteiger partial charge on any atom is -0.465 e. The zero-order valence-corrected chi connectivity index (χ0v) is 21.3. The highest BCUT2D eigenvalue weighted by Gasteiger charge is 2.25. The van der Waals surface area contributed by atoms with Gasteiger partial charge in [0, 0.05) is 16.7 Å². The highest BCUT2D eigenvalue weighted by Crippen LogP contribution is 2.38. The van der Waals surface area contributed by atoms with Crippen molar-refractivity contribution in [2.24, 2.45) is 0 Å². The number of rotatable bonds is 5. The third kappa shape index (κ3) is 4.06. The first-order valence-corrected chi connectivity index (χ1v) is 12.6. The average Bonchev–Trinajstić information content (AvgIpc) is 3.51. The van der Waals surface area contributed by atoms with E-state index >= 15 is 0 Å². The second kappa shape index (κ2) is 9.35. The molecule has 0 atom stereocenters. The second-order valence-corrected chi connectivity index (χ2v) is 9.92. The SMILES string of the molecule is COC(=O)c1c(NC(=O)c2cc3c(ccc4ccccc43)oc2=O)sc(Cc2ccc3c(c2)OCO3)c1C. The number of nitrogens with one attached hydrogen (secondary N) is 1. The van der Waals surface area contributed by atoms with Crippen LogP contribution >= 0.6 is 11.3 Å². The minimum atomic E-state index is -0.765. The van der Waals surface area contributed by atoms with Crippen LogP contribution in [0, 0.1) is 6.92 Å². The number of ether oxygens (including phenoxy) is 3. The van der Waals surface area contributed by atoms with Crippen molar-refractivity contribution in [3.05, 3.63) is 98.2 Å². The topological polar surface area (TPSA) is 104 Å². The van der Waals surface area contributed by atoms with Crippen molar-refractivity contribution in [2.75, 3.05) is 19.2 Å². The van der Waals surface area contributed by atoms with Crippen LogP contribution in [0.4, 0.5) is 5.00 Å². The third-order valence-corrected chi connectivity index (χ3v) is 7.76. The Morgan fingerprint density at radius 1 is 1.00 bits per heavy atom. The molecule has 9 heteroatoms. The predicted octanol–water partition coefficient (Wildman–Crippen LogP) is 5.67. The van der Waals surface area contributed by atoms with Crippen molar-refractivity contribution in [2.45, 2.75) is 13.3 Å². The van der Waals surface area contributed by atoms with E-state index in [0.717, 1.165) is 21.2 Å². The van der Waals surface area contributed by atoms with Crippen LogP contribution in [0.5, 0.6) is 11.5 Å². The molecule has 1 aliphatic rings. The number of fused-ring (bicyclic) bond motifs is 4. The Morgan fingerprint density at radius 2 is 1.82 bits per heavy atom. The molecule has 0 aliphatic carbocycles. The molecule has 3 aromatic carbocycles. The summed E-state index contributed by atoms with van der Waals surface area (Å²) in [6.45, 7) is 1.98. The molecule has 5 aromatic rings. The molecule has 0 spiro atoms. The summed E-state index contributed by atoms with van der Waals surface area (Å²) in [5.41, 5.74) is 1.35. The fourth-order valence-corrected chi connectivity index (χ4v) is 5.82. The van der Waals surface area contributed by atoms with Crippen LogP contribution in [0.25, 0.3) is 21.7 Å². The van der Waals surface area contributed by atoms with E-state index in [-0.39, 0.29) is 17.9 Å². The molecule has 0 fully saturated rings. The number of hydrogen-bond acceptors (Lipinski definition) is 8. The Hall–Kier alpha value is -4.63. The molecule has 0 saturated carbocycles. The average molecular weight is 528 g/mol. The van der Waals surface area contributed by atoms with Crippen LogP contribution in [-0.2, 0) is 11.2 Å². The Morgan fingerprint density at radius 3 is 2.66 bits per heavy atom. The quantitative estimate of drug-likeness (QED) is 0.178. The zero-order valence-electron chi connectivity index (χ0n) is 20.5. The van der Waals surface area contributed by atoms with Crippen molar-refractivity contribution in [3.63, 3.8) is 0 Å². The van der Waals surface area contributed by atoms with Gasteiger partial charge >= 0.3 is 11.6 Å². The lowest BCUT2D eigenvalue weighted by Crippen LogP contribution is -2.21. The van der Waals surface area contributed by atoms with Gasteiger partial charge in [0.2, 0.25) is 6.79 Å².